The van der Waals surface area contributed by atoms with Gasteiger partial charge in [-0.25, -0.2) is 0 Å². The molecule has 5 heteroatoms. The van der Waals surface area contributed by atoms with E-state index in [1.165, 1.54) is 0 Å². The number of halogens is 1. The van der Waals surface area contributed by atoms with Crippen LogP contribution in [0.25, 0.3) is 0 Å². The molecule has 1 N–H and O–H groups in total. The van der Waals surface area contributed by atoms with Gasteiger partial charge in [-0.2, -0.15) is 0 Å². The SMILES string of the molecule is CC(C)CNC(=O)[C@@H](C)N(Cc1cccc(Cl)c1)C(=O)CC(c1ccccc1)c1ccccc1. The van der Waals surface area contributed by atoms with Crippen molar-refractivity contribution in [3.8, 4) is 0 Å². The van der Waals surface area contributed by atoms with Crippen molar-refractivity contribution in [2.75, 3.05) is 6.54 Å². The lowest BCUT2D eigenvalue weighted by molar-refractivity contribution is -0.140. The fraction of sp³-hybridized carbons (Fsp3) is 0.310. The van der Waals surface area contributed by atoms with Gasteiger partial charge in [-0.1, -0.05) is 98.2 Å². The van der Waals surface area contributed by atoms with Crippen molar-refractivity contribution in [1.82, 2.24) is 10.2 Å². The third-order valence-corrected chi connectivity index (χ3v) is 6.11. The highest BCUT2D eigenvalue weighted by Crippen LogP contribution is 2.29. The average molecular weight is 477 g/mol. The summed E-state index contributed by atoms with van der Waals surface area (Å²) in [6, 6.07) is 26.9. The first-order chi connectivity index (χ1) is 16.3. The first kappa shape index (κ1) is 25.5. The first-order valence-electron chi connectivity index (χ1n) is 11.8. The Labute approximate surface area is 207 Å². The van der Waals surface area contributed by atoms with Crippen molar-refractivity contribution < 1.29 is 9.59 Å². The maximum atomic E-state index is 13.8. The normalized spacial score (nSPS) is 11.9. The first-order valence-corrected chi connectivity index (χ1v) is 12.1. The maximum absolute atomic E-state index is 13.8. The van der Waals surface area contributed by atoms with Crippen LogP contribution in [0.5, 0.6) is 0 Å². The summed E-state index contributed by atoms with van der Waals surface area (Å²) < 4.78 is 0. The van der Waals surface area contributed by atoms with Crippen LogP contribution in [-0.2, 0) is 16.1 Å². The number of hydrogen-bond acceptors (Lipinski definition) is 2. The summed E-state index contributed by atoms with van der Waals surface area (Å²) in [7, 11) is 0. The zero-order valence-corrected chi connectivity index (χ0v) is 20.8. The molecule has 4 nitrogen and oxygen atoms in total. The molecule has 0 unspecified atom stereocenters. The molecule has 0 bridgehead atoms. The molecule has 3 aromatic rings. The molecular formula is C29H33ClN2O2. The minimum absolute atomic E-state index is 0.0788. The smallest absolute Gasteiger partial charge is 0.242 e. The van der Waals surface area contributed by atoms with Crippen LogP contribution in [0.2, 0.25) is 5.02 Å². The Morgan fingerprint density at radius 1 is 0.853 bits per heavy atom. The average Bonchev–Trinajstić information content (AvgIpc) is 2.85. The lowest BCUT2D eigenvalue weighted by Crippen LogP contribution is -2.48. The molecule has 0 radical (unpaired) electrons. The predicted octanol–water partition coefficient (Wildman–Crippen LogP) is 6.05. The van der Waals surface area contributed by atoms with Crippen LogP contribution in [0.3, 0.4) is 0 Å². The van der Waals surface area contributed by atoms with Crippen LogP contribution in [0.4, 0.5) is 0 Å². The minimum Gasteiger partial charge on any atom is -0.354 e. The van der Waals surface area contributed by atoms with Crippen molar-refractivity contribution in [2.45, 2.75) is 45.7 Å². The summed E-state index contributed by atoms with van der Waals surface area (Å²) in [5.41, 5.74) is 3.03. The van der Waals surface area contributed by atoms with Gasteiger partial charge in [0.15, 0.2) is 0 Å². The van der Waals surface area contributed by atoms with Crippen LogP contribution in [0.1, 0.15) is 49.8 Å². The number of carbonyl (C=O) groups excluding carboxylic acids is 2. The summed E-state index contributed by atoms with van der Waals surface area (Å²) in [4.78, 5) is 28.4. The third-order valence-electron chi connectivity index (χ3n) is 5.88. The summed E-state index contributed by atoms with van der Waals surface area (Å²) in [6.45, 7) is 6.76. The minimum atomic E-state index is -0.613. The highest BCUT2D eigenvalue weighted by Gasteiger charge is 2.29. The molecule has 0 spiro atoms. The predicted molar refractivity (Wildman–Crippen MR) is 139 cm³/mol. The highest BCUT2D eigenvalue weighted by atomic mass is 35.5. The quantitative estimate of drug-likeness (QED) is 0.387. The monoisotopic (exact) mass is 476 g/mol. The molecule has 0 aliphatic heterocycles. The molecular weight excluding hydrogens is 444 g/mol. The Balaban J connectivity index is 1.89. The molecule has 3 rings (SSSR count). The lowest BCUT2D eigenvalue weighted by atomic mass is 9.88. The van der Waals surface area contributed by atoms with Crippen molar-refractivity contribution in [1.29, 1.82) is 0 Å². The van der Waals surface area contributed by atoms with Crippen LogP contribution >= 0.6 is 11.6 Å². The number of carbonyl (C=O) groups is 2. The largest absolute Gasteiger partial charge is 0.354 e. The zero-order chi connectivity index (χ0) is 24.5. The van der Waals surface area contributed by atoms with Gasteiger partial charge >= 0.3 is 0 Å². The van der Waals surface area contributed by atoms with E-state index in [1.54, 1.807) is 17.9 Å². The number of hydrogen-bond donors (Lipinski definition) is 1. The van der Waals surface area contributed by atoms with Crippen molar-refractivity contribution in [3.05, 3.63) is 107 Å². The third kappa shape index (κ3) is 7.19. The van der Waals surface area contributed by atoms with Gasteiger partial charge in [-0.05, 0) is 41.7 Å². The standard InChI is InChI=1S/C29H33ClN2O2/c1-21(2)19-31-29(34)22(3)32(20-23-11-10-16-26(30)17-23)28(33)18-27(24-12-6-4-7-13-24)25-14-8-5-9-15-25/h4-17,21-22,27H,18-20H2,1-3H3,(H,31,34)/t22-/m1/s1. The van der Waals surface area contributed by atoms with E-state index in [9.17, 15) is 9.59 Å². The number of nitrogens with zero attached hydrogens (tertiary/aromatic N) is 1. The van der Waals surface area contributed by atoms with E-state index in [1.807, 2.05) is 92.7 Å². The number of rotatable bonds is 10. The van der Waals surface area contributed by atoms with E-state index in [0.717, 1.165) is 16.7 Å². The molecule has 34 heavy (non-hydrogen) atoms. The van der Waals surface area contributed by atoms with E-state index in [0.29, 0.717) is 24.0 Å². The van der Waals surface area contributed by atoms with E-state index >= 15 is 0 Å². The summed E-state index contributed by atoms with van der Waals surface area (Å²) in [5, 5.41) is 3.58. The van der Waals surface area contributed by atoms with E-state index < -0.39 is 6.04 Å². The number of benzene rings is 3. The Hall–Kier alpha value is -3.11. The second kappa shape index (κ2) is 12.4. The number of nitrogens with one attached hydrogen (secondary N) is 1. The molecule has 0 heterocycles. The van der Waals surface area contributed by atoms with Gasteiger partial charge in [0.2, 0.25) is 11.8 Å². The molecule has 2 amide bonds. The van der Waals surface area contributed by atoms with Gasteiger partial charge in [0.1, 0.15) is 6.04 Å². The molecule has 1 atom stereocenters. The van der Waals surface area contributed by atoms with Crippen LogP contribution in [-0.4, -0.2) is 29.3 Å². The molecule has 0 aliphatic carbocycles. The number of amides is 2. The Morgan fingerprint density at radius 3 is 1.97 bits per heavy atom. The van der Waals surface area contributed by atoms with Crippen molar-refractivity contribution in [2.24, 2.45) is 5.92 Å². The van der Waals surface area contributed by atoms with E-state index in [4.69, 9.17) is 11.6 Å². The molecule has 0 saturated carbocycles. The van der Waals surface area contributed by atoms with Crippen LogP contribution in [0, 0.1) is 5.92 Å². The Kier molecular flexibility index (Phi) is 9.29. The molecule has 0 aliphatic rings. The topological polar surface area (TPSA) is 49.4 Å². The van der Waals surface area contributed by atoms with Crippen molar-refractivity contribution >= 4 is 23.4 Å². The van der Waals surface area contributed by atoms with Gasteiger partial charge in [0.25, 0.3) is 0 Å². The lowest BCUT2D eigenvalue weighted by Gasteiger charge is -2.31. The molecule has 178 valence electrons. The molecule has 0 aromatic heterocycles. The van der Waals surface area contributed by atoms with Crippen LogP contribution < -0.4 is 5.32 Å². The fourth-order valence-electron chi connectivity index (χ4n) is 3.96. The van der Waals surface area contributed by atoms with Gasteiger partial charge in [0.05, 0.1) is 0 Å². The fourth-order valence-corrected chi connectivity index (χ4v) is 4.17. The summed E-state index contributed by atoms with van der Waals surface area (Å²) >= 11 is 6.20. The molecule has 3 aromatic carbocycles. The highest BCUT2D eigenvalue weighted by molar-refractivity contribution is 6.30. The maximum Gasteiger partial charge on any atom is 0.242 e. The van der Waals surface area contributed by atoms with E-state index in [2.05, 4.69) is 5.32 Å². The van der Waals surface area contributed by atoms with Gasteiger partial charge in [-0.15, -0.1) is 0 Å². The summed E-state index contributed by atoms with van der Waals surface area (Å²) in [5.74, 6) is -0.0126. The molecule has 0 fully saturated rings. The molecule has 0 saturated heterocycles. The van der Waals surface area contributed by atoms with Gasteiger partial charge in [0, 0.05) is 30.5 Å². The Morgan fingerprint density at radius 2 is 1.44 bits per heavy atom. The second-order valence-corrected chi connectivity index (χ2v) is 9.48. The van der Waals surface area contributed by atoms with Crippen LogP contribution in [0.15, 0.2) is 84.9 Å². The summed E-state index contributed by atoms with van der Waals surface area (Å²) in [6.07, 6.45) is 0.260. The van der Waals surface area contributed by atoms with Gasteiger partial charge < -0.3 is 10.2 Å². The second-order valence-electron chi connectivity index (χ2n) is 9.04. The van der Waals surface area contributed by atoms with Gasteiger partial charge in [-0.3, -0.25) is 9.59 Å². The Bertz CT molecular complexity index is 1030. The zero-order valence-electron chi connectivity index (χ0n) is 20.1. The van der Waals surface area contributed by atoms with Crippen molar-refractivity contribution in [3.63, 3.8) is 0 Å². The van der Waals surface area contributed by atoms with E-state index in [-0.39, 0.29) is 24.2 Å².